The second-order valence-corrected chi connectivity index (χ2v) is 8.01. The van der Waals surface area contributed by atoms with E-state index in [-0.39, 0.29) is 18.0 Å². The third-order valence-electron chi connectivity index (χ3n) is 5.13. The minimum atomic E-state index is -1.46. The molecule has 2 aliphatic carbocycles. The monoisotopic (exact) mass is 374 g/mol. The summed E-state index contributed by atoms with van der Waals surface area (Å²) in [4.78, 5) is 25.9. The maximum absolute atomic E-state index is 12.6. The number of hydrogen-bond acceptors (Lipinski definition) is 6. The van der Waals surface area contributed by atoms with Crippen LogP contribution in [0.25, 0.3) is 0 Å². The van der Waals surface area contributed by atoms with Gasteiger partial charge in [-0.05, 0) is 31.3 Å². The van der Waals surface area contributed by atoms with Crippen LogP contribution in [0.15, 0.2) is 29.3 Å². The topological polar surface area (TPSA) is 104 Å². The first-order chi connectivity index (χ1) is 12.5. The van der Waals surface area contributed by atoms with Crippen molar-refractivity contribution in [1.82, 2.24) is 9.97 Å². The normalized spacial score (nSPS) is 26.4. The van der Waals surface area contributed by atoms with E-state index < -0.39 is 11.0 Å². The van der Waals surface area contributed by atoms with Gasteiger partial charge in [-0.1, -0.05) is 12.2 Å². The van der Waals surface area contributed by atoms with E-state index in [9.17, 15) is 9.00 Å². The van der Waals surface area contributed by atoms with E-state index in [2.05, 4.69) is 15.3 Å². The van der Waals surface area contributed by atoms with Crippen LogP contribution in [0, 0.1) is 5.92 Å². The number of rotatable bonds is 4. The van der Waals surface area contributed by atoms with Crippen LogP contribution in [0.2, 0.25) is 0 Å². The predicted molar refractivity (Wildman–Crippen MR) is 102 cm³/mol. The molecule has 3 atom stereocenters. The maximum Gasteiger partial charge on any atom is 0.249 e. The molecule has 8 nitrogen and oxygen atoms in total. The summed E-state index contributed by atoms with van der Waals surface area (Å²) in [5, 5.41) is 8.67. The van der Waals surface area contributed by atoms with E-state index >= 15 is 0 Å². The molecule has 0 bridgehead atoms. The molecule has 9 heteroatoms. The van der Waals surface area contributed by atoms with Gasteiger partial charge in [-0.25, -0.2) is 14.3 Å². The van der Waals surface area contributed by atoms with Gasteiger partial charge in [-0.15, -0.1) is 0 Å². The average Bonchev–Trinajstić information content (AvgIpc) is 3.45. The molecule has 1 aromatic heterocycles. The minimum absolute atomic E-state index is 0.00726. The SMILES string of the molecule is CN1C(=O)C(C2CC2)N(C)c2nc(NC3C=CC(S(N)=O)=CC3)ncc21. The number of anilines is 3. The zero-order valence-electron chi connectivity index (χ0n) is 14.8. The lowest BCUT2D eigenvalue weighted by atomic mass is 10.1. The van der Waals surface area contributed by atoms with Crippen LogP contribution in [-0.2, 0) is 15.8 Å². The van der Waals surface area contributed by atoms with Crippen LogP contribution in [0.1, 0.15) is 19.3 Å². The number of amides is 1. The van der Waals surface area contributed by atoms with E-state index in [1.165, 1.54) is 0 Å². The lowest BCUT2D eigenvalue weighted by molar-refractivity contribution is -0.120. The highest BCUT2D eigenvalue weighted by Crippen LogP contribution is 2.42. The number of fused-ring (bicyclic) bond motifs is 1. The van der Waals surface area contributed by atoms with Crippen LogP contribution in [0.4, 0.5) is 17.5 Å². The number of aromatic nitrogens is 2. The summed E-state index contributed by atoms with van der Waals surface area (Å²) in [6.07, 6.45) is 10.0. The van der Waals surface area contributed by atoms with Gasteiger partial charge in [0.2, 0.25) is 11.9 Å². The van der Waals surface area contributed by atoms with E-state index in [1.807, 2.05) is 24.1 Å². The van der Waals surface area contributed by atoms with E-state index in [1.54, 1.807) is 24.2 Å². The summed E-state index contributed by atoms with van der Waals surface area (Å²) < 4.78 is 11.3. The highest BCUT2D eigenvalue weighted by atomic mass is 32.2. The number of carbonyl (C=O) groups is 1. The maximum atomic E-state index is 12.6. The van der Waals surface area contributed by atoms with Crippen molar-refractivity contribution in [3.8, 4) is 0 Å². The smallest absolute Gasteiger partial charge is 0.249 e. The molecule has 3 aliphatic rings. The van der Waals surface area contributed by atoms with E-state index in [0.29, 0.717) is 23.2 Å². The van der Waals surface area contributed by atoms with Gasteiger partial charge in [0.05, 0.1) is 12.2 Å². The number of likely N-dealkylation sites (N-methyl/N-ethyl adjacent to an activating group) is 2. The molecule has 26 heavy (non-hydrogen) atoms. The van der Waals surface area contributed by atoms with Crippen molar-refractivity contribution in [3.63, 3.8) is 0 Å². The summed E-state index contributed by atoms with van der Waals surface area (Å²) in [5.74, 6) is 1.79. The fraction of sp³-hybridized carbons (Fsp3) is 0.471. The van der Waals surface area contributed by atoms with Gasteiger partial charge in [0.15, 0.2) is 5.82 Å². The van der Waals surface area contributed by atoms with Crippen molar-refractivity contribution in [2.24, 2.45) is 11.1 Å². The average molecular weight is 374 g/mol. The Hall–Kier alpha value is -2.26. The molecule has 138 valence electrons. The molecule has 3 unspecified atom stereocenters. The first-order valence-electron chi connectivity index (χ1n) is 8.64. The van der Waals surface area contributed by atoms with Crippen LogP contribution in [0.5, 0.6) is 0 Å². The van der Waals surface area contributed by atoms with Crippen molar-refractivity contribution in [3.05, 3.63) is 29.3 Å². The van der Waals surface area contributed by atoms with Crippen molar-refractivity contribution in [2.45, 2.75) is 31.3 Å². The highest BCUT2D eigenvalue weighted by molar-refractivity contribution is 7.86. The highest BCUT2D eigenvalue weighted by Gasteiger charge is 2.45. The summed E-state index contributed by atoms with van der Waals surface area (Å²) >= 11 is 0. The minimum Gasteiger partial charge on any atom is -0.348 e. The molecule has 1 amide bonds. The van der Waals surface area contributed by atoms with Crippen LogP contribution in [0.3, 0.4) is 0 Å². The molecule has 1 fully saturated rings. The van der Waals surface area contributed by atoms with Crippen molar-refractivity contribution >= 4 is 34.3 Å². The number of hydrogen-bond donors (Lipinski definition) is 2. The third-order valence-corrected chi connectivity index (χ3v) is 5.89. The summed E-state index contributed by atoms with van der Waals surface area (Å²) in [6.45, 7) is 0. The first-order valence-corrected chi connectivity index (χ1v) is 9.85. The number of allylic oxidation sites excluding steroid dienone is 1. The van der Waals surface area contributed by atoms with Gasteiger partial charge in [-0.3, -0.25) is 4.79 Å². The molecule has 1 saturated carbocycles. The second kappa shape index (κ2) is 6.48. The lowest BCUT2D eigenvalue weighted by Gasteiger charge is -2.38. The summed E-state index contributed by atoms with van der Waals surface area (Å²) in [7, 11) is 2.25. The largest absolute Gasteiger partial charge is 0.348 e. The van der Waals surface area contributed by atoms with E-state index in [4.69, 9.17) is 5.14 Å². The Morgan fingerprint density at radius 3 is 2.73 bits per heavy atom. The van der Waals surface area contributed by atoms with Gasteiger partial charge in [-0.2, -0.15) is 4.98 Å². The molecule has 1 aromatic rings. The van der Waals surface area contributed by atoms with Gasteiger partial charge < -0.3 is 15.1 Å². The van der Waals surface area contributed by atoms with Crippen LogP contribution >= 0.6 is 0 Å². The molecular formula is C17H22N6O2S. The zero-order valence-corrected chi connectivity index (χ0v) is 15.6. The van der Waals surface area contributed by atoms with Crippen LogP contribution in [-0.4, -0.2) is 46.3 Å². The molecule has 3 N–H and O–H groups in total. The Labute approximate surface area is 154 Å². The number of nitrogens with zero attached hydrogens (tertiary/aromatic N) is 4. The van der Waals surface area contributed by atoms with Crippen molar-refractivity contribution in [2.75, 3.05) is 29.2 Å². The number of nitrogens with two attached hydrogens (primary N) is 1. The second-order valence-electron chi connectivity index (χ2n) is 6.94. The van der Waals surface area contributed by atoms with Crippen molar-refractivity contribution in [1.29, 1.82) is 0 Å². The van der Waals surface area contributed by atoms with Gasteiger partial charge in [0.25, 0.3) is 0 Å². The summed E-state index contributed by atoms with van der Waals surface area (Å²) in [6, 6.07) is -0.136. The molecule has 0 saturated heterocycles. The molecular weight excluding hydrogens is 352 g/mol. The standard InChI is InChI=1S/C17H22N6O2S/c1-22-13-9-19-17(20-11-5-7-12(8-6-11)26(18)25)21-15(13)23(2)14(16(22)24)10-3-4-10/h5,7-11,14H,3-4,6,18H2,1-2H3,(H,19,20,21). The third kappa shape index (κ3) is 3.01. The zero-order chi connectivity index (χ0) is 18.4. The van der Waals surface area contributed by atoms with Gasteiger partial charge in [0, 0.05) is 19.0 Å². The van der Waals surface area contributed by atoms with Gasteiger partial charge in [0.1, 0.15) is 22.7 Å². The first kappa shape index (κ1) is 17.2. The molecule has 0 aromatic carbocycles. The molecule has 2 heterocycles. The summed E-state index contributed by atoms with van der Waals surface area (Å²) in [5.41, 5.74) is 0.722. The Morgan fingerprint density at radius 1 is 1.35 bits per heavy atom. The molecule has 0 spiro atoms. The lowest BCUT2D eigenvalue weighted by Crippen LogP contribution is -2.52. The number of carbonyl (C=O) groups excluding carboxylic acids is 1. The fourth-order valence-corrected chi connectivity index (χ4v) is 3.97. The fourth-order valence-electron chi connectivity index (χ4n) is 3.50. The quantitative estimate of drug-likeness (QED) is 0.812. The molecule has 0 radical (unpaired) electrons. The molecule has 4 rings (SSSR count). The Balaban J connectivity index is 1.55. The van der Waals surface area contributed by atoms with Crippen LogP contribution < -0.4 is 20.3 Å². The molecule has 1 aliphatic heterocycles. The van der Waals surface area contributed by atoms with E-state index in [0.717, 1.165) is 24.3 Å². The van der Waals surface area contributed by atoms with Gasteiger partial charge >= 0.3 is 0 Å². The number of nitrogens with one attached hydrogen (secondary N) is 1. The predicted octanol–water partition coefficient (Wildman–Crippen LogP) is 0.914. The Morgan fingerprint density at radius 2 is 2.12 bits per heavy atom. The Kier molecular flexibility index (Phi) is 4.28. The Bertz CT molecular complexity index is 835. The van der Waals surface area contributed by atoms with Crippen molar-refractivity contribution < 1.29 is 9.00 Å².